The Labute approximate surface area is 165 Å². The fourth-order valence-corrected chi connectivity index (χ4v) is 4.04. The second-order valence-corrected chi connectivity index (χ2v) is 7.46. The van der Waals surface area contributed by atoms with Gasteiger partial charge < -0.3 is 10.5 Å². The lowest BCUT2D eigenvalue weighted by atomic mass is 9.78. The van der Waals surface area contributed by atoms with Gasteiger partial charge in [-0.05, 0) is 51.1 Å². The second-order valence-electron chi connectivity index (χ2n) is 7.46. The minimum absolute atomic E-state index is 0.148. The van der Waals surface area contributed by atoms with Crippen molar-refractivity contribution in [1.82, 2.24) is 9.88 Å². The Morgan fingerprint density at radius 1 is 1.21 bits per heavy atom. The number of esters is 1. The number of fused-ring (bicyclic) bond motifs is 1. The number of pyridine rings is 1. The summed E-state index contributed by atoms with van der Waals surface area (Å²) in [7, 11) is 1.95. The zero-order valence-electron chi connectivity index (χ0n) is 16.8. The Hall–Kier alpha value is -2.57. The number of ether oxygens (including phenoxy) is 1. The number of nitrogens with zero attached hydrogens (tertiary/aromatic N) is 2. The van der Waals surface area contributed by atoms with Crippen LogP contribution in [0.3, 0.4) is 0 Å². The van der Waals surface area contributed by atoms with Crippen LogP contribution in [0.25, 0.3) is 0 Å². The molecule has 0 amide bonds. The lowest BCUT2D eigenvalue weighted by Crippen LogP contribution is -2.54. The van der Waals surface area contributed by atoms with Crippen LogP contribution < -0.4 is 5.73 Å². The molecule has 0 saturated carbocycles. The van der Waals surface area contributed by atoms with Crippen molar-refractivity contribution in [3.05, 3.63) is 65.5 Å². The summed E-state index contributed by atoms with van der Waals surface area (Å²) in [5.41, 5.74) is 7.24. The van der Waals surface area contributed by atoms with E-state index in [1.807, 2.05) is 31.3 Å². The molecule has 0 fully saturated rings. The number of carbonyl (C=O) groups excluding carboxylic acids is 2. The van der Waals surface area contributed by atoms with Gasteiger partial charge in [0.2, 0.25) is 0 Å². The number of carbonyl (C=O) groups is 2. The molecule has 0 aliphatic heterocycles. The summed E-state index contributed by atoms with van der Waals surface area (Å²) in [4.78, 5) is 32.8. The highest BCUT2D eigenvalue weighted by Crippen LogP contribution is 2.51. The van der Waals surface area contributed by atoms with E-state index in [9.17, 15) is 9.59 Å². The van der Waals surface area contributed by atoms with Crippen LogP contribution in [0, 0.1) is 5.92 Å². The number of rotatable bonds is 6. The van der Waals surface area contributed by atoms with Crippen LogP contribution >= 0.6 is 0 Å². The molecule has 6 heteroatoms. The van der Waals surface area contributed by atoms with Crippen LogP contribution in [0.1, 0.15) is 48.3 Å². The number of ketones is 1. The van der Waals surface area contributed by atoms with Crippen molar-refractivity contribution in [1.29, 1.82) is 0 Å². The van der Waals surface area contributed by atoms with Crippen molar-refractivity contribution >= 4 is 11.8 Å². The monoisotopic (exact) mass is 381 g/mol. The second kappa shape index (κ2) is 7.81. The molecule has 3 unspecified atom stereocenters. The van der Waals surface area contributed by atoms with Gasteiger partial charge in [0.05, 0.1) is 12.5 Å². The van der Waals surface area contributed by atoms with E-state index < -0.39 is 17.4 Å². The van der Waals surface area contributed by atoms with Crippen molar-refractivity contribution in [2.75, 3.05) is 13.7 Å². The molecule has 1 aromatic heterocycles. The number of benzene rings is 1. The van der Waals surface area contributed by atoms with Crippen LogP contribution in [0.2, 0.25) is 0 Å². The Balaban J connectivity index is 2.23. The lowest BCUT2D eigenvalue weighted by molar-refractivity contribution is -0.152. The van der Waals surface area contributed by atoms with Crippen LogP contribution in [0.4, 0.5) is 0 Å². The fourth-order valence-electron chi connectivity index (χ4n) is 4.04. The highest BCUT2D eigenvalue weighted by molar-refractivity contribution is 6.04. The quantitative estimate of drug-likeness (QED) is 0.612. The van der Waals surface area contributed by atoms with E-state index in [1.165, 1.54) is 0 Å². The predicted molar refractivity (Wildman–Crippen MR) is 107 cm³/mol. The van der Waals surface area contributed by atoms with Gasteiger partial charge in [0.25, 0.3) is 0 Å². The number of nitrogens with two attached hydrogens (primary N) is 1. The van der Waals surface area contributed by atoms with Gasteiger partial charge in [0, 0.05) is 30.0 Å². The first kappa shape index (κ1) is 20.2. The number of hydrogen-bond acceptors (Lipinski definition) is 6. The first-order valence-corrected chi connectivity index (χ1v) is 9.55. The van der Waals surface area contributed by atoms with Crippen LogP contribution in [0.5, 0.6) is 0 Å². The Kier molecular flexibility index (Phi) is 5.63. The van der Waals surface area contributed by atoms with E-state index in [2.05, 4.69) is 23.7 Å². The van der Waals surface area contributed by atoms with Gasteiger partial charge in [0.15, 0.2) is 11.3 Å². The maximum atomic E-state index is 13.6. The molecule has 148 valence electrons. The third kappa shape index (κ3) is 3.12. The smallest absolute Gasteiger partial charge is 0.331 e. The molecule has 2 aromatic rings. The summed E-state index contributed by atoms with van der Waals surface area (Å²) in [6.07, 6.45) is 3.14. The van der Waals surface area contributed by atoms with E-state index >= 15 is 0 Å². The molecule has 0 radical (unpaired) electrons. The molecule has 1 heterocycles. The standard InChI is InChI=1S/C22H27N3O3/c1-5-28-21(27)22(23)17-9-7-6-8-16(17)19(25(4)14(2)3)18(22)20(26)15-10-12-24-13-11-15/h6-14,18-19H,5,23H2,1-4H3. The van der Waals surface area contributed by atoms with Crippen molar-refractivity contribution in [2.45, 2.75) is 38.4 Å². The summed E-state index contributed by atoms with van der Waals surface area (Å²) in [6.45, 7) is 6.04. The van der Waals surface area contributed by atoms with Gasteiger partial charge >= 0.3 is 5.97 Å². The van der Waals surface area contributed by atoms with Gasteiger partial charge in [-0.1, -0.05) is 24.3 Å². The van der Waals surface area contributed by atoms with Gasteiger partial charge in [-0.15, -0.1) is 0 Å². The minimum atomic E-state index is -1.55. The van der Waals surface area contributed by atoms with Gasteiger partial charge in [0.1, 0.15) is 0 Å². The molecule has 0 saturated heterocycles. The Bertz CT molecular complexity index is 868. The molecule has 6 nitrogen and oxygen atoms in total. The summed E-state index contributed by atoms with van der Waals surface area (Å²) in [6, 6.07) is 10.6. The third-order valence-electron chi connectivity index (χ3n) is 5.65. The number of aromatic nitrogens is 1. The SMILES string of the molecule is CCOC(=O)C1(N)c2ccccc2C(N(C)C(C)C)C1C(=O)c1ccncc1. The van der Waals surface area contributed by atoms with Crippen LogP contribution in [0.15, 0.2) is 48.8 Å². The van der Waals surface area contributed by atoms with Crippen molar-refractivity contribution in [2.24, 2.45) is 11.7 Å². The third-order valence-corrected chi connectivity index (χ3v) is 5.65. The highest BCUT2D eigenvalue weighted by Gasteiger charge is 2.59. The molecule has 2 N–H and O–H groups in total. The normalized spacial score (nSPS) is 23.7. The first-order valence-electron chi connectivity index (χ1n) is 9.55. The lowest BCUT2D eigenvalue weighted by Gasteiger charge is -2.37. The molecule has 3 rings (SSSR count). The van der Waals surface area contributed by atoms with Gasteiger partial charge in [-0.2, -0.15) is 0 Å². The molecule has 1 aromatic carbocycles. The van der Waals surface area contributed by atoms with E-state index in [4.69, 9.17) is 10.5 Å². The minimum Gasteiger partial charge on any atom is -0.464 e. The Morgan fingerprint density at radius 2 is 1.86 bits per heavy atom. The predicted octanol–water partition coefficient (Wildman–Crippen LogP) is 2.69. The van der Waals surface area contributed by atoms with Crippen molar-refractivity contribution in [3.8, 4) is 0 Å². The van der Waals surface area contributed by atoms with E-state index in [1.54, 1.807) is 31.5 Å². The molecule has 1 aliphatic rings. The van der Waals surface area contributed by atoms with Crippen LogP contribution in [-0.2, 0) is 15.1 Å². The van der Waals surface area contributed by atoms with E-state index in [0.717, 1.165) is 5.56 Å². The summed E-state index contributed by atoms with van der Waals surface area (Å²) in [5.74, 6) is -1.57. The summed E-state index contributed by atoms with van der Waals surface area (Å²) in [5, 5.41) is 0. The van der Waals surface area contributed by atoms with Crippen molar-refractivity contribution in [3.63, 3.8) is 0 Å². The Morgan fingerprint density at radius 3 is 2.46 bits per heavy atom. The molecule has 0 bridgehead atoms. The maximum absolute atomic E-state index is 13.6. The zero-order valence-corrected chi connectivity index (χ0v) is 16.8. The topological polar surface area (TPSA) is 85.5 Å². The molecule has 0 spiro atoms. The summed E-state index contributed by atoms with van der Waals surface area (Å²) < 4.78 is 5.34. The molecule has 1 aliphatic carbocycles. The van der Waals surface area contributed by atoms with Crippen LogP contribution in [-0.4, -0.2) is 41.3 Å². The highest BCUT2D eigenvalue weighted by atomic mass is 16.5. The molecule has 28 heavy (non-hydrogen) atoms. The zero-order chi connectivity index (χ0) is 20.5. The first-order chi connectivity index (χ1) is 13.3. The fraction of sp³-hybridized carbons (Fsp3) is 0.409. The molecular weight excluding hydrogens is 354 g/mol. The summed E-state index contributed by atoms with van der Waals surface area (Å²) >= 11 is 0. The average Bonchev–Trinajstić information content (AvgIpc) is 2.98. The largest absolute Gasteiger partial charge is 0.464 e. The molecule has 3 atom stereocenters. The average molecular weight is 381 g/mol. The van der Waals surface area contributed by atoms with Gasteiger partial charge in [-0.25, -0.2) is 4.79 Å². The maximum Gasteiger partial charge on any atom is 0.331 e. The van der Waals surface area contributed by atoms with E-state index in [-0.39, 0.29) is 24.5 Å². The number of Topliss-reactive ketones (excluding diaryl/α,β-unsaturated/α-hetero) is 1. The van der Waals surface area contributed by atoms with Gasteiger partial charge in [-0.3, -0.25) is 14.7 Å². The molecular formula is C22H27N3O3. The number of hydrogen-bond donors (Lipinski definition) is 1. The van der Waals surface area contributed by atoms with E-state index in [0.29, 0.717) is 11.1 Å². The van der Waals surface area contributed by atoms with Crippen molar-refractivity contribution < 1.29 is 14.3 Å².